The van der Waals surface area contributed by atoms with Gasteiger partial charge in [-0.1, -0.05) is 0 Å². The van der Waals surface area contributed by atoms with Gasteiger partial charge in [0.05, 0.1) is 11.1 Å². The van der Waals surface area contributed by atoms with Crippen LogP contribution in [0.3, 0.4) is 0 Å². The first-order valence-electron chi connectivity index (χ1n) is 3.82. The maximum absolute atomic E-state index is 11.4. The van der Waals surface area contributed by atoms with Crippen LogP contribution in [-0.2, 0) is 0 Å². The molecule has 2 aromatic heterocycles. The van der Waals surface area contributed by atoms with Gasteiger partial charge in [-0.3, -0.25) is 9.78 Å². The molecule has 4 heteroatoms. The number of halogens is 1. The van der Waals surface area contributed by atoms with Crippen molar-refractivity contribution in [1.82, 2.24) is 9.97 Å². The standard InChI is InChI=1S/C9H7BrN2O/c1-5-8-6(2-3-11-5)7(10)4-12-9(8)13/h2-4H,1H3,(H,12,13). The zero-order chi connectivity index (χ0) is 9.42. The number of hydrogen-bond donors (Lipinski definition) is 1. The molecule has 0 aliphatic carbocycles. The lowest BCUT2D eigenvalue weighted by Gasteiger charge is -2.00. The lowest BCUT2D eigenvalue weighted by atomic mass is 10.2. The minimum absolute atomic E-state index is 0.0937. The summed E-state index contributed by atoms with van der Waals surface area (Å²) < 4.78 is 0.882. The van der Waals surface area contributed by atoms with Crippen molar-refractivity contribution in [3.63, 3.8) is 0 Å². The van der Waals surface area contributed by atoms with Crippen molar-refractivity contribution >= 4 is 26.7 Å². The van der Waals surface area contributed by atoms with Gasteiger partial charge >= 0.3 is 0 Å². The van der Waals surface area contributed by atoms with E-state index in [1.807, 2.05) is 13.0 Å². The number of H-pyrrole nitrogens is 1. The third-order valence-electron chi connectivity index (χ3n) is 1.95. The summed E-state index contributed by atoms with van der Waals surface area (Å²) in [6, 6.07) is 1.82. The van der Waals surface area contributed by atoms with Crippen LogP contribution in [0.2, 0.25) is 0 Å². The largest absolute Gasteiger partial charge is 0.327 e. The van der Waals surface area contributed by atoms with Gasteiger partial charge in [-0.25, -0.2) is 0 Å². The molecule has 3 nitrogen and oxygen atoms in total. The summed E-state index contributed by atoms with van der Waals surface area (Å²) in [6.07, 6.45) is 3.34. The topological polar surface area (TPSA) is 45.8 Å². The first-order chi connectivity index (χ1) is 6.20. The number of hydrogen-bond acceptors (Lipinski definition) is 2. The molecule has 0 fully saturated rings. The lowest BCUT2D eigenvalue weighted by molar-refractivity contribution is 1.19. The summed E-state index contributed by atoms with van der Waals surface area (Å²) in [4.78, 5) is 18.1. The summed E-state index contributed by atoms with van der Waals surface area (Å²) in [7, 11) is 0. The molecule has 0 unspecified atom stereocenters. The number of aromatic amines is 1. The van der Waals surface area contributed by atoms with E-state index in [1.54, 1.807) is 12.4 Å². The molecule has 0 radical (unpaired) electrons. The van der Waals surface area contributed by atoms with Gasteiger partial charge in [0.15, 0.2) is 0 Å². The van der Waals surface area contributed by atoms with E-state index in [-0.39, 0.29) is 5.56 Å². The van der Waals surface area contributed by atoms with Gasteiger partial charge in [-0.2, -0.15) is 0 Å². The van der Waals surface area contributed by atoms with E-state index in [2.05, 4.69) is 25.9 Å². The summed E-state index contributed by atoms with van der Waals surface area (Å²) in [5, 5.41) is 1.55. The van der Waals surface area contributed by atoms with E-state index in [1.165, 1.54) is 0 Å². The van der Waals surface area contributed by atoms with Crippen molar-refractivity contribution in [2.45, 2.75) is 6.92 Å². The van der Waals surface area contributed by atoms with Gasteiger partial charge < -0.3 is 4.98 Å². The van der Waals surface area contributed by atoms with Gasteiger partial charge in [0.25, 0.3) is 5.56 Å². The highest BCUT2D eigenvalue weighted by Crippen LogP contribution is 2.20. The van der Waals surface area contributed by atoms with E-state index in [4.69, 9.17) is 0 Å². The quantitative estimate of drug-likeness (QED) is 0.764. The van der Waals surface area contributed by atoms with Crippen molar-refractivity contribution in [2.24, 2.45) is 0 Å². The number of fused-ring (bicyclic) bond motifs is 1. The Morgan fingerprint density at radius 1 is 1.54 bits per heavy atom. The maximum atomic E-state index is 11.4. The average molecular weight is 239 g/mol. The lowest BCUT2D eigenvalue weighted by Crippen LogP contribution is -2.07. The molecule has 1 N–H and O–H groups in total. The fourth-order valence-electron chi connectivity index (χ4n) is 1.33. The van der Waals surface area contributed by atoms with E-state index < -0.39 is 0 Å². The van der Waals surface area contributed by atoms with Crippen LogP contribution in [-0.4, -0.2) is 9.97 Å². The molecule has 0 saturated heterocycles. The Labute approximate surface area is 82.9 Å². The Hall–Kier alpha value is -1.16. The molecule has 0 aromatic carbocycles. The summed E-state index contributed by atoms with van der Waals surface area (Å²) >= 11 is 3.37. The predicted molar refractivity (Wildman–Crippen MR) is 54.8 cm³/mol. The van der Waals surface area contributed by atoms with Crippen LogP contribution in [0.5, 0.6) is 0 Å². The minimum atomic E-state index is -0.0937. The first kappa shape index (κ1) is 8.44. The summed E-state index contributed by atoms with van der Waals surface area (Å²) in [6.45, 7) is 1.82. The molecule has 0 bridgehead atoms. The van der Waals surface area contributed by atoms with Crippen molar-refractivity contribution in [3.05, 3.63) is 39.0 Å². The number of rotatable bonds is 0. The van der Waals surface area contributed by atoms with Crippen LogP contribution in [0.15, 0.2) is 27.7 Å². The summed E-state index contributed by atoms with van der Waals surface area (Å²) in [5.74, 6) is 0. The number of nitrogens with one attached hydrogen (secondary N) is 1. The molecule has 13 heavy (non-hydrogen) atoms. The molecule has 0 amide bonds. The molecule has 2 heterocycles. The molecule has 66 valence electrons. The Bertz CT molecular complexity index is 518. The SMILES string of the molecule is Cc1nccc2c(Br)c[nH]c(=O)c12. The average Bonchev–Trinajstić information content (AvgIpc) is 2.12. The van der Waals surface area contributed by atoms with Gasteiger partial charge in [0.1, 0.15) is 0 Å². The van der Waals surface area contributed by atoms with Crippen LogP contribution in [0.4, 0.5) is 0 Å². The molecular formula is C9H7BrN2O. The molecule has 0 aliphatic rings. The molecule has 0 saturated carbocycles. The Morgan fingerprint density at radius 2 is 2.31 bits per heavy atom. The molecule has 2 aromatic rings. The van der Waals surface area contributed by atoms with Crippen LogP contribution in [0.25, 0.3) is 10.8 Å². The van der Waals surface area contributed by atoms with Crippen molar-refractivity contribution in [2.75, 3.05) is 0 Å². The van der Waals surface area contributed by atoms with E-state index in [0.29, 0.717) is 5.39 Å². The second-order valence-corrected chi connectivity index (χ2v) is 3.64. The van der Waals surface area contributed by atoms with Gasteiger partial charge in [-0.15, -0.1) is 0 Å². The highest BCUT2D eigenvalue weighted by Gasteiger charge is 2.04. The molecule has 2 rings (SSSR count). The molecule has 0 spiro atoms. The Morgan fingerprint density at radius 3 is 3.00 bits per heavy atom. The second-order valence-electron chi connectivity index (χ2n) is 2.78. The predicted octanol–water partition coefficient (Wildman–Crippen LogP) is 1.99. The van der Waals surface area contributed by atoms with Gasteiger partial charge in [0, 0.05) is 22.3 Å². The molecule has 0 atom stereocenters. The van der Waals surface area contributed by atoms with E-state index in [0.717, 1.165) is 15.6 Å². The Balaban J connectivity index is 3.09. The fourth-order valence-corrected chi connectivity index (χ4v) is 1.78. The third-order valence-corrected chi connectivity index (χ3v) is 2.61. The van der Waals surface area contributed by atoms with Crippen LogP contribution in [0.1, 0.15) is 5.69 Å². The molecule has 0 aliphatic heterocycles. The first-order valence-corrected chi connectivity index (χ1v) is 4.62. The fraction of sp³-hybridized carbons (Fsp3) is 0.111. The smallest absolute Gasteiger partial charge is 0.257 e. The van der Waals surface area contributed by atoms with Crippen molar-refractivity contribution < 1.29 is 0 Å². The highest BCUT2D eigenvalue weighted by atomic mass is 79.9. The van der Waals surface area contributed by atoms with Gasteiger partial charge in [-0.05, 0) is 28.9 Å². The normalized spacial score (nSPS) is 10.6. The number of aromatic nitrogens is 2. The van der Waals surface area contributed by atoms with Gasteiger partial charge in [0.2, 0.25) is 0 Å². The van der Waals surface area contributed by atoms with Crippen LogP contribution in [0, 0.1) is 6.92 Å². The zero-order valence-corrected chi connectivity index (χ0v) is 8.55. The summed E-state index contributed by atoms with van der Waals surface area (Å²) in [5.41, 5.74) is 0.656. The van der Waals surface area contributed by atoms with E-state index >= 15 is 0 Å². The third kappa shape index (κ3) is 1.27. The second kappa shape index (κ2) is 2.96. The zero-order valence-electron chi connectivity index (χ0n) is 6.97. The minimum Gasteiger partial charge on any atom is -0.327 e. The van der Waals surface area contributed by atoms with Crippen LogP contribution < -0.4 is 5.56 Å². The van der Waals surface area contributed by atoms with Crippen LogP contribution >= 0.6 is 15.9 Å². The highest BCUT2D eigenvalue weighted by molar-refractivity contribution is 9.10. The van der Waals surface area contributed by atoms with Crippen molar-refractivity contribution in [1.29, 1.82) is 0 Å². The monoisotopic (exact) mass is 238 g/mol. The van der Waals surface area contributed by atoms with E-state index in [9.17, 15) is 4.79 Å². The van der Waals surface area contributed by atoms with Crippen molar-refractivity contribution in [3.8, 4) is 0 Å². The Kier molecular flexibility index (Phi) is 1.92. The number of pyridine rings is 2. The number of aryl methyl sites for hydroxylation is 1. The maximum Gasteiger partial charge on any atom is 0.257 e. The number of nitrogens with zero attached hydrogens (tertiary/aromatic N) is 1. The molecular weight excluding hydrogens is 232 g/mol.